The van der Waals surface area contributed by atoms with Gasteiger partial charge in [0.15, 0.2) is 0 Å². The minimum Gasteiger partial charge on any atom is -0.496 e. The van der Waals surface area contributed by atoms with E-state index in [1.807, 2.05) is 37.3 Å². The number of ether oxygens (including phenoxy) is 2. The maximum Gasteiger partial charge on any atom is 0.335 e. The highest BCUT2D eigenvalue weighted by Crippen LogP contribution is 2.46. The number of hydrogen-bond donors (Lipinski definition) is 1. The Balaban J connectivity index is 2.47. The number of fused-ring (bicyclic) bond motifs is 1. The van der Waals surface area contributed by atoms with Gasteiger partial charge >= 0.3 is 5.69 Å². The molecule has 0 aliphatic rings. The molecular weight excluding hydrogens is 296 g/mol. The van der Waals surface area contributed by atoms with E-state index in [9.17, 15) is 10.1 Å². The van der Waals surface area contributed by atoms with E-state index in [4.69, 9.17) is 9.47 Å². The second-order valence-electron chi connectivity index (χ2n) is 5.13. The summed E-state index contributed by atoms with van der Waals surface area (Å²) in [5.74, 6) is 0.700. The number of hydrogen-bond acceptors (Lipinski definition) is 4. The van der Waals surface area contributed by atoms with Gasteiger partial charge in [-0.25, -0.2) is 0 Å². The second-order valence-corrected chi connectivity index (χ2v) is 5.13. The molecule has 6 heteroatoms. The molecular formula is C17H16N2O4. The van der Waals surface area contributed by atoms with Crippen LogP contribution in [-0.4, -0.2) is 24.1 Å². The number of nitrogens with one attached hydrogen (secondary N) is 1. The van der Waals surface area contributed by atoms with Crippen molar-refractivity contribution < 1.29 is 14.4 Å². The van der Waals surface area contributed by atoms with E-state index in [0.717, 1.165) is 16.8 Å². The Hall–Kier alpha value is -3.02. The number of benzene rings is 2. The van der Waals surface area contributed by atoms with Crippen LogP contribution in [0.4, 0.5) is 5.69 Å². The predicted molar refractivity (Wildman–Crippen MR) is 88.2 cm³/mol. The number of nitro benzene ring substituents is 1. The van der Waals surface area contributed by atoms with Crippen molar-refractivity contribution in [1.29, 1.82) is 0 Å². The monoisotopic (exact) mass is 312 g/mol. The lowest BCUT2D eigenvalue weighted by molar-refractivity contribution is -0.384. The third-order valence-corrected chi connectivity index (χ3v) is 3.85. The Morgan fingerprint density at radius 1 is 1.09 bits per heavy atom. The van der Waals surface area contributed by atoms with Crippen LogP contribution in [0.1, 0.15) is 5.69 Å². The van der Waals surface area contributed by atoms with E-state index in [-0.39, 0.29) is 11.4 Å². The number of aryl methyl sites for hydroxylation is 1. The summed E-state index contributed by atoms with van der Waals surface area (Å²) in [5, 5.41) is 12.2. The lowest BCUT2D eigenvalue weighted by Crippen LogP contribution is -1.97. The molecule has 0 spiro atoms. The molecule has 0 radical (unpaired) electrons. The summed E-state index contributed by atoms with van der Waals surface area (Å²) in [7, 11) is 2.94. The first kappa shape index (κ1) is 14.9. The van der Waals surface area contributed by atoms with E-state index < -0.39 is 4.92 Å². The number of nitrogens with zero attached hydrogens (tertiary/aromatic N) is 1. The highest BCUT2D eigenvalue weighted by Gasteiger charge is 2.27. The number of aromatic amines is 1. The molecule has 0 amide bonds. The molecule has 23 heavy (non-hydrogen) atoms. The minimum absolute atomic E-state index is 0.0893. The first-order valence-electron chi connectivity index (χ1n) is 7.05. The maximum atomic E-state index is 11.5. The molecule has 1 N–H and O–H groups in total. The van der Waals surface area contributed by atoms with Crippen LogP contribution in [0.3, 0.4) is 0 Å². The van der Waals surface area contributed by atoms with Crippen LogP contribution < -0.4 is 9.47 Å². The minimum atomic E-state index is -0.439. The largest absolute Gasteiger partial charge is 0.496 e. The lowest BCUT2D eigenvalue weighted by atomic mass is 10.0. The third-order valence-electron chi connectivity index (χ3n) is 3.85. The molecule has 0 unspecified atom stereocenters. The van der Waals surface area contributed by atoms with Gasteiger partial charge in [-0.15, -0.1) is 0 Å². The van der Waals surface area contributed by atoms with Crippen molar-refractivity contribution in [2.75, 3.05) is 14.2 Å². The SMILES string of the molecule is COc1cc(OC)c2c(-c3ccccc3)c(C)[nH]c2c1[N+](=O)[O-]. The average molecular weight is 312 g/mol. The van der Waals surface area contributed by atoms with Crippen LogP contribution in [-0.2, 0) is 0 Å². The fraction of sp³-hybridized carbons (Fsp3) is 0.176. The molecule has 3 aromatic rings. The van der Waals surface area contributed by atoms with Gasteiger partial charge < -0.3 is 14.5 Å². The fourth-order valence-electron chi connectivity index (χ4n) is 2.90. The van der Waals surface area contributed by atoms with Crippen molar-refractivity contribution in [3.63, 3.8) is 0 Å². The van der Waals surface area contributed by atoms with Gasteiger partial charge in [0.1, 0.15) is 11.3 Å². The molecule has 2 aromatic carbocycles. The number of H-pyrrole nitrogens is 1. The van der Waals surface area contributed by atoms with Crippen LogP contribution in [0, 0.1) is 17.0 Å². The van der Waals surface area contributed by atoms with Crippen LogP contribution in [0.5, 0.6) is 11.5 Å². The molecule has 0 bridgehead atoms. The summed E-state index contributed by atoms with van der Waals surface area (Å²) in [4.78, 5) is 14.2. The van der Waals surface area contributed by atoms with Crippen LogP contribution >= 0.6 is 0 Å². The van der Waals surface area contributed by atoms with Crippen molar-refractivity contribution in [3.05, 3.63) is 52.2 Å². The standard InChI is InChI=1S/C17H16N2O4/c1-10-14(11-7-5-4-6-8-11)15-12(22-2)9-13(23-3)17(19(20)21)16(15)18-10/h4-9,18H,1-3H3. The van der Waals surface area contributed by atoms with Crippen molar-refractivity contribution in [2.45, 2.75) is 6.92 Å². The van der Waals surface area contributed by atoms with Gasteiger partial charge in [0.25, 0.3) is 0 Å². The topological polar surface area (TPSA) is 77.4 Å². The summed E-state index contributed by atoms with van der Waals surface area (Å²) >= 11 is 0. The van der Waals surface area contributed by atoms with Gasteiger partial charge in [0, 0.05) is 17.3 Å². The Morgan fingerprint density at radius 2 is 1.74 bits per heavy atom. The van der Waals surface area contributed by atoms with E-state index in [1.54, 1.807) is 6.07 Å². The zero-order valence-corrected chi connectivity index (χ0v) is 13.0. The number of rotatable bonds is 4. The molecule has 3 rings (SSSR count). The van der Waals surface area contributed by atoms with Gasteiger partial charge in [0.05, 0.1) is 24.5 Å². The van der Waals surface area contributed by atoms with Crippen LogP contribution in [0.25, 0.3) is 22.0 Å². The van der Waals surface area contributed by atoms with Crippen molar-refractivity contribution in [2.24, 2.45) is 0 Å². The highest BCUT2D eigenvalue weighted by atomic mass is 16.6. The Bertz CT molecular complexity index is 885. The highest BCUT2D eigenvalue weighted by molar-refractivity contribution is 6.06. The zero-order chi connectivity index (χ0) is 16.6. The van der Waals surface area contributed by atoms with Gasteiger partial charge in [0.2, 0.25) is 5.75 Å². The number of methoxy groups -OCH3 is 2. The summed E-state index contributed by atoms with van der Waals surface area (Å²) < 4.78 is 10.6. The van der Waals surface area contributed by atoms with Gasteiger partial charge in [-0.2, -0.15) is 0 Å². The van der Waals surface area contributed by atoms with E-state index in [0.29, 0.717) is 16.7 Å². The molecule has 0 aliphatic heterocycles. The molecule has 0 saturated heterocycles. The van der Waals surface area contributed by atoms with Crippen molar-refractivity contribution in [1.82, 2.24) is 4.98 Å². The van der Waals surface area contributed by atoms with Crippen LogP contribution in [0.15, 0.2) is 36.4 Å². The maximum absolute atomic E-state index is 11.5. The third kappa shape index (κ3) is 2.28. The summed E-state index contributed by atoms with van der Waals surface area (Å²) in [6.07, 6.45) is 0. The summed E-state index contributed by atoms with van der Waals surface area (Å²) in [6, 6.07) is 11.3. The van der Waals surface area contributed by atoms with Gasteiger partial charge in [-0.1, -0.05) is 30.3 Å². The first-order valence-corrected chi connectivity index (χ1v) is 7.05. The molecule has 1 heterocycles. The van der Waals surface area contributed by atoms with E-state index >= 15 is 0 Å². The fourth-order valence-corrected chi connectivity index (χ4v) is 2.90. The normalized spacial score (nSPS) is 10.7. The number of nitro groups is 1. The Labute approximate surface area is 132 Å². The first-order chi connectivity index (χ1) is 11.1. The molecule has 1 aromatic heterocycles. The molecule has 118 valence electrons. The molecule has 0 atom stereocenters. The predicted octanol–water partition coefficient (Wildman–Crippen LogP) is 4.07. The summed E-state index contributed by atoms with van der Waals surface area (Å²) in [5.41, 5.74) is 3.01. The van der Waals surface area contributed by atoms with E-state index in [1.165, 1.54) is 14.2 Å². The van der Waals surface area contributed by atoms with E-state index in [2.05, 4.69) is 4.98 Å². The molecule has 0 saturated carbocycles. The average Bonchev–Trinajstić information content (AvgIpc) is 2.90. The Morgan fingerprint density at radius 3 is 2.30 bits per heavy atom. The molecule has 0 fully saturated rings. The quantitative estimate of drug-likeness (QED) is 0.582. The number of aromatic nitrogens is 1. The van der Waals surface area contributed by atoms with Crippen LogP contribution in [0.2, 0.25) is 0 Å². The van der Waals surface area contributed by atoms with Crippen molar-refractivity contribution >= 4 is 16.6 Å². The molecule has 6 nitrogen and oxygen atoms in total. The zero-order valence-electron chi connectivity index (χ0n) is 13.0. The molecule has 0 aliphatic carbocycles. The van der Waals surface area contributed by atoms with Gasteiger partial charge in [-0.05, 0) is 12.5 Å². The van der Waals surface area contributed by atoms with Crippen molar-refractivity contribution in [3.8, 4) is 22.6 Å². The second kappa shape index (κ2) is 5.64. The Kier molecular flexibility index (Phi) is 3.65. The lowest BCUT2D eigenvalue weighted by Gasteiger charge is -2.09. The smallest absolute Gasteiger partial charge is 0.335 e. The summed E-state index contributed by atoms with van der Waals surface area (Å²) in [6.45, 7) is 1.89. The van der Waals surface area contributed by atoms with Gasteiger partial charge in [-0.3, -0.25) is 10.1 Å².